The Hall–Kier alpha value is -3.51. The zero-order chi connectivity index (χ0) is 21.9. The number of hydrogen-bond donors (Lipinski definition) is 0. The molecule has 5 aromatic rings. The lowest BCUT2D eigenvalue weighted by atomic mass is 10.0. The van der Waals surface area contributed by atoms with Gasteiger partial charge in [-0.05, 0) is 30.7 Å². The smallest absolute Gasteiger partial charge is 0.191 e. The number of rotatable bonds is 6. The summed E-state index contributed by atoms with van der Waals surface area (Å²) < 4.78 is 16.1. The van der Waals surface area contributed by atoms with E-state index in [0.29, 0.717) is 17.9 Å². The first kappa shape index (κ1) is 20.4. The quantitative estimate of drug-likeness (QED) is 0.279. The van der Waals surface area contributed by atoms with Gasteiger partial charge in [-0.1, -0.05) is 78.5 Å². The fourth-order valence-corrected chi connectivity index (χ4v) is 4.74. The van der Waals surface area contributed by atoms with Gasteiger partial charge in [0.15, 0.2) is 11.0 Å². The van der Waals surface area contributed by atoms with Crippen LogP contribution < -0.4 is 0 Å². The van der Waals surface area contributed by atoms with E-state index in [0.717, 1.165) is 38.7 Å². The number of fused-ring (bicyclic) bond motifs is 1. The van der Waals surface area contributed by atoms with E-state index < -0.39 is 0 Å². The molecule has 6 heteroatoms. The van der Waals surface area contributed by atoms with Crippen LogP contribution in [-0.4, -0.2) is 19.7 Å². The van der Waals surface area contributed by atoms with E-state index >= 15 is 0 Å². The molecule has 0 bridgehead atoms. The summed E-state index contributed by atoms with van der Waals surface area (Å²) in [7, 11) is 0. The first-order chi connectivity index (χ1) is 15.7. The van der Waals surface area contributed by atoms with E-state index in [9.17, 15) is 4.39 Å². The van der Waals surface area contributed by atoms with Crippen molar-refractivity contribution >= 4 is 22.7 Å². The van der Waals surface area contributed by atoms with Gasteiger partial charge in [0.2, 0.25) is 0 Å². The average molecular weight is 441 g/mol. The Morgan fingerprint density at radius 1 is 0.875 bits per heavy atom. The first-order valence-corrected chi connectivity index (χ1v) is 11.5. The van der Waals surface area contributed by atoms with Gasteiger partial charge in [-0.25, -0.2) is 9.37 Å². The van der Waals surface area contributed by atoms with Crippen LogP contribution in [0.25, 0.3) is 33.5 Å². The van der Waals surface area contributed by atoms with Crippen molar-refractivity contribution in [1.82, 2.24) is 19.7 Å². The maximum atomic E-state index is 14.1. The molecule has 0 N–H and O–H groups in total. The molecule has 0 aliphatic heterocycles. The molecule has 3 aromatic carbocycles. The minimum absolute atomic E-state index is 0.199. The zero-order valence-electron chi connectivity index (χ0n) is 17.6. The summed E-state index contributed by atoms with van der Waals surface area (Å²) in [5.74, 6) is 1.09. The number of aromatic nitrogens is 4. The van der Waals surface area contributed by atoms with Crippen LogP contribution in [0.4, 0.5) is 4.39 Å². The van der Waals surface area contributed by atoms with E-state index in [-0.39, 0.29) is 5.82 Å². The Kier molecular flexibility index (Phi) is 5.69. The van der Waals surface area contributed by atoms with Gasteiger partial charge in [-0.15, -0.1) is 10.2 Å². The molecule has 0 fully saturated rings. The van der Waals surface area contributed by atoms with E-state index in [1.54, 1.807) is 12.1 Å². The molecule has 158 valence electrons. The van der Waals surface area contributed by atoms with Crippen LogP contribution in [0, 0.1) is 5.82 Å². The van der Waals surface area contributed by atoms with Crippen molar-refractivity contribution in [3.05, 3.63) is 96.3 Å². The second kappa shape index (κ2) is 8.93. The van der Waals surface area contributed by atoms with Gasteiger partial charge in [-0.2, -0.15) is 0 Å². The predicted molar refractivity (Wildman–Crippen MR) is 128 cm³/mol. The van der Waals surface area contributed by atoms with Gasteiger partial charge in [-0.3, -0.25) is 0 Å². The molecule has 4 nitrogen and oxygen atoms in total. The van der Waals surface area contributed by atoms with Gasteiger partial charge in [0.25, 0.3) is 0 Å². The summed E-state index contributed by atoms with van der Waals surface area (Å²) in [5, 5.41) is 10.8. The number of benzene rings is 3. The SMILES string of the molecule is CCn1c(SCc2ccccc2F)nnc1-c1cc(-c2ccccc2)nc2ccccc12. The van der Waals surface area contributed by atoms with Gasteiger partial charge in [0.1, 0.15) is 5.82 Å². The van der Waals surface area contributed by atoms with E-state index in [4.69, 9.17) is 4.98 Å². The predicted octanol–water partition coefficient (Wildman–Crippen LogP) is 6.61. The van der Waals surface area contributed by atoms with Gasteiger partial charge < -0.3 is 4.57 Å². The second-order valence-electron chi connectivity index (χ2n) is 7.37. The number of nitrogens with zero attached hydrogens (tertiary/aromatic N) is 4. The first-order valence-electron chi connectivity index (χ1n) is 10.5. The Morgan fingerprint density at radius 3 is 2.44 bits per heavy atom. The Labute approximate surface area is 190 Å². The van der Waals surface area contributed by atoms with Crippen LogP contribution in [0.1, 0.15) is 12.5 Å². The van der Waals surface area contributed by atoms with Crippen molar-refractivity contribution in [2.24, 2.45) is 0 Å². The maximum Gasteiger partial charge on any atom is 0.191 e. The number of halogens is 1. The highest BCUT2D eigenvalue weighted by molar-refractivity contribution is 7.98. The van der Waals surface area contributed by atoms with Crippen molar-refractivity contribution in [1.29, 1.82) is 0 Å². The fourth-order valence-electron chi connectivity index (χ4n) is 3.75. The third-order valence-electron chi connectivity index (χ3n) is 5.37. The molecule has 0 atom stereocenters. The number of pyridine rings is 1. The minimum atomic E-state index is -0.199. The molecule has 0 unspecified atom stereocenters. The number of hydrogen-bond acceptors (Lipinski definition) is 4. The van der Waals surface area contributed by atoms with Crippen LogP contribution in [0.3, 0.4) is 0 Å². The highest BCUT2D eigenvalue weighted by atomic mass is 32.2. The topological polar surface area (TPSA) is 43.6 Å². The summed E-state index contributed by atoms with van der Waals surface area (Å²) in [6.45, 7) is 2.78. The largest absolute Gasteiger partial charge is 0.302 e. The molecule has 0 saturated carbocycles. The Morgan fingerprint density at radius 2 is 1.62 bits per heavy atom. The van der Waals surface area contributed by atoms with Crippen molar-refractivity contribution < 1.29 is 4.39 Å². The molecule has 32 heavy (non-hydrogen) atoms. The molecule has 0 saturated heterocycles. The number of thioether (sulfide) groups is 1. The molecule has 0 amide bonds. The van der Waals surface area contributed by atoms with E-state index in [2.05, 4.69) is 46.0 Å². The molecule has 0 spiro atoms. The summed E-state index contributed by atoms with van der Waals surface area (Å²) in [4.78, 5) is 4.88. The third kappa shape index (κ3) is 3.89. The third-order valence-corrected chi connectivity index (χ3v) is 6.39. The average Bonchev–Trinajstić information content (AvgIpc) is 3.26. The van der Waals surface area contributed by atoms with Crippen LogP contribution in [0.15, 0.2) is 90.1 Å². The molecule has 2 aromatic heterocycles. The molecule has 2 heterocycles. The maximum absolute atomic E-state index is 14.1. The van der Waals surface area contributed by atoms with Crippen molar-refractivity contribution in [2.75, 3.05) is 0 Å². The highest BCUT2D eigenvalue weighted by Gasteiger charge is 2.18. The van der Waals surface area contributed by atoms with Gasteiger partial charge in [0.05, 0.1) is 11.2 Å². The van der Waals surface area contributed by atoms with Gasteiger partial charge in [0, 0.05) is 28.8 Å². The summed E-state index contributed by atoms with van der Waals surface area (Å²) in [6, 6.07) is 27.1. The monoisotopic (exact) mass is 440 g/mol. The molecule has 5 rings (SSSR count). The standard InChI is InChI=1S/C26H21FN4S/c1-2-31-25(29-30-26(31)32-17-19-12-6-8-14-22(19)27)21-16-24(18-10-4-3-5-11-18)28-23-15-9-7-13-20(21)23/h3-16H,2,17H2,1H3. The van der Waals surface area contributed by atoms with Crippen LogP contribution >= 0.6 is 11.8 Å². The lowest BCUT2D eigenvalue weighted by Crippen LogP contribution is -2.01. The summed E-state index contributed by atoms with van der Waals surface area (Å²) in [5.41, 5.74) is 4.50. The molecule has 0 aliphatic rings. The minimum Gasteiger partial charge on any atom is -0.302 e. The summed E-state index contributed by atoms with van der Waals surface area (Å²) >= 11 is 1.49. The molecular weight excluding hydrogens is 419 g/mol. The second-order valence-corrected chi connectivity index (χ2v) is 8.31. The van der Waals surface area contributed by atoms with E-state index in [1.165, 1.54) is 17.8 Å². The molecule has 0 aliphatic carbocycles. The lowest BCUT2D eigenvalue weighted by Gasteiger charge is -2.12. The zero-order valence-corrected chi connectivity index (χ0v) is 18.4. The van der Waals surface area contributed by atoms with Crippen molar-refractivity contribution in [3.63, 3.8) is 0 Å². The van der Waals surface area contributed by atoms with Crippen LogP contribution in [0.2, 0.25) is 0 Å². The van der Waals surface area contributed by atoms with Crippen molar-refractivity contribution in [2.45, 2.75) is 24.4 Å². The normalized spacial score (nSPS) is 11.2. The van der Waals surface area contributed by atoms with Crippen molar-refractivity contribution in [3.8, 4) is 22.6 Å². The Bertz CT molecular complexity index is 1380. The highest BCUT2D eigenvalue weighted by Crippen LogP contribution is 2.33. The van der Waals surface area contributed by atoms with E-state index in [1.807, 2.05) is 42.5 Å². The Balaban J connectivity index is 1.59. The molecular formula is C26H21FN4S. The molecule has 0 radical (unpaired) electrons. The fraction of sp³-hybridized carbons (Fsp3) is 0.115. The lowest BCUT2D eigenvalue weighted by molar-refractivity contribution is 0.617. The van der Waals surface area contributed by atoms with Crippen LogP contribution in [-0.2, 0) is 12.3 Å². The summed E-state index contributed by atoms with van der Waals surface area (Å²) in [6.07, 6.45) is 0. The van der Waals surface area contributed by atoms with Crippen LogP contribution in [0.5, 0.6) is 0 Å². The number of para-hydroxylation sites is 1. The van der Waals surface area contributed by atoms with Gasteiger partial charge >= 0.3 is 0 Å².